The number of benzene rings is 1. The van der Waals surface area contributed by atoms with Crippen LogP contribution in [0, 0.1) is 0 Å². The lowest BCUT2D eigenvalue weighted by molar-refractivity contribution is -0.122. The monoisotopic (exact) mass is 312 g/mol. The van der Waals surface area contributed by atoms with Crippen LogP contribution in [0.3, 0.4) is 0 Å². The van der Waals surface area contributed by atoms with Gasteiger partial charge in [0.15, 0.2) is 0 Å². The molecule has 0 aliphatic carbocycles. The molecule has 1 aromatic rings. The maximum absolute atomic E-state index is 11.8. The third kappa shape index (κ3) is 3.73. The van der Waals surface area contributed by atoms with Gasteiger partial charge >= 0.3 is 0 Å². The molecule has 0 heterocycles. The molecule has 0 aliphatic heterocycles. The lowest BCUT2D eigenvalue weighted by Gasteiger charge is -2.32. The number of rotatable bonds is 7. The SMILES string of the molecule is CCCC(CCC)(Nc1ccc(Br)cc1)C(N)=O. The van der Waals surface area contributed by atoms with Crippen molar-refractivity contribution in [1.29, 1.82) is 0 Å². The predicted molar refractivity (Wildman–Crippen MR) is 79.5 cm³/mol. The van der Waals surface area contributed by atoms with Gasteiger partial charge < -0.3 is 11.1 Å². The number of nitrogens with two attached hydrogens (primary N) is 1. The van der Waals surface area contributed by atoms with Crippen LogP contribution in [-0.2, 0) is 4.79 Å². The van der Waals surface area contributed by atoms with Crippen LogP contribution in [0.1, 0.15) is 39.5 Å². The number of primary amides is 1. The fourth-order valence-electron chi connectivity index (χ4n) is 2.22. The Bertz CT molecular complexity index is 383. The lowest BCUT2D eigenvalue weighted by Crippen LogP contribution is -2.50. The summed E-state index contributed by atoms with van der Waals surface area (Å²) < 4.78 is 1.02. The van der Waals surface area contributed by atoms with Crippen molar-refractivity contribution in [2.24, 2.45) is 5.73 Å². The molecule has 0 fully saturated rings. The molecular formula is C14H21BrN2O. The van der Waals surface area contributed by atoms with Crippen molar-refractivity contribution in [3.8, 4) is 0 Å². The molecule has 0 unspecified atom stereocenters. The Labute approximate surface area is 117 Å². The molecule has 0 atom stereocenters. The molecule has 3 N–H and O–H groups in total. The summed E-state index contributed by atoms with van der Waals surface area (Å²) in [4.78, 5) is 11.8. The fraction of sp³-hybridized carbons (Fsp3) is 0.500. The van der Waals surface area contributed by atoms with Gasteiger partial charge in [0.2, 0.25) is 5.91 Å². The molecule has 100 valence electrons. The molecule has 0 saturated carbocycles. The first kappa shape index (κ1) is 15.0. The van der Waals surface area contributed by atoms with Crippen molar-refractivity contribution in [2.75, 3.05) is 5.32 Å². The van der Waals surface area contributed by atoms with Gasteiger partial charge in [0.1, 0.15) is 5.54 Å². The van der Waals surface area contributed by atoms with Crippen molar-refractivity contribution in [3.63, 3.8) is 0 Å². The molecule has 3 nitrogen and oxygen atoms in total. The molecule has 0 aromatic heterocycles. The summed E-state index contributed by atoms with van der Waals surface area (Å²) in [5.41, 5.74) is 5.91. The summed E-state index contributed by atoms with van der Waals surface area (Å²) in [5, 5.41) is 3.33. The first-order valence-corrected chi connectivity index (χ1v) is 7.17. The highest BCUT2D eigenvalue weighted by Crippen LogP contribution is 2.26. The minimum atomic E-state index is -0.628. The maximum Gasteiger partial charge on any atom is 0.243 e. The van der Waals surface area contributed by atoms with E-state index in [9.17, 15) is 4.79 Å². The first-order chi connectivity index (χ1) is 8.54. The second kappa shape index (κ2) is 6.78. The minimum absolute atomic E-state index is 0.269. The second-order valence-electron chi connectivity index (χ2n) is 4.58. The van der Waals surface area contributed by atoms with E-state index in [1.54, 1.807) is 0 Å². The van der Waals surface area contributed by atoms with E-state index in [4.69, 9.17) is 5.73 Å². The number of anilines is 1. The average molecular weight is 313 g/mol. The van der Waals surface area contributed by atoms with E-state index in [1.165, 1.54) is 0 Å². The molecule has 1 amide bonds. The molecule has 4 heteroatoms. The maximum atomic E-state index is 11.8. The zero-order valence-electron chi connectivity index (χ0n) is 11.0. The zero-order chi connectivity index (χ0) is 13.6. The van der Waals surface area contributed by atoms with Crippen molar-refractivity contribution in [3.05, 3.63) is 28.7 Å². The van der Waals surface area contributed by atoms with Crippen molar-refractivity contribution in [2.45, 2.75) is 45.1 Å². The molecule has 0 saturated heterocycles. The fourth-order valence-corrected chi connectivity index (χ4v) is 2.49. The summed E-state index contributed by atoms with van der Waals surface area (Å²) in [7, 11) is 0. The first-order valence-electron chi connectivity index (χ1n) is 6.37. The van der Waals surface area contributed by atoms with Crippen LogP contribution in [0.2, 0.25) is 0 Å². The summed E-state index contributed by atoms with van der Waals surface area (Å²) in [6.45, 7) is 4.13. The minimum Gasteiger partial charge on any atom is -0.371 e. The van der Waals surface area contributed by atoms with Crippen molar-refractivity contribution >= 4 is 27.5 Å². The number of nitrogens with one attached hydrogen (secondary N) is 1. The van der Waals surface area contributed by atoms with Gasteiger partial charge in [-0.3, -0.25) is 4.79 Å². The molecule has 0 spiro atoms. The summed E-state index contributed by atoms with van der Waals surface area (Å²) in [6.07, 6.45) is 3.36. The van der Waals surface area contributed by atoms with E-state index in [0.717, 1.165) is 35.8 Å². The normalized spacial score (nSPS) is 11.3. The third-order valence-corrected chi connectivity index (χ3v) is 3.58. The predicted octanol–water partition coefficient (Wildman–Crippen LogP) is 3.69. The smallest absolute Gasteiger partial charge is 0.243 e. The van der Waals surface area contributed by atoms with Gasteiger partial charge in [0, 0.05) is 10.2 Å². The van der Waals surface area contributed by atoms with Gasteiger partial charge in [-0.25, -0.2) is 0 Å². The van der Waals surface area contributed by atoms with Crippen LogP contribution in [0.25, 0.3) is 0 Å². The van der Waals surface area contributed by atoms with Gasteiger partial charge in [0.25, 0.3) is 0 Å². The van der Waals surface area contributed by atoms with Gasteiger partial charge in [-0.15, -0.1) is 0 Å². The van der Waals surface area contributed by atoms with Crippen LogP contribution in [0.5, 0.6) is 0 Å². The quantitative estimate of drug-likeness (QED) is 0.806. The Morgan fingerprint density at radius 1 is 1.22 bits per heavy atom. The second-order valence-corrected chi connectivity index (χ2v) is 5.49. The van der Waals surface area contributed by atoms with Crippen LogP contribution in [0.4, 0.5) is 5.69 Å². The number of hydrogen-bond acceptors (Lipinski definition) is 2. The summed E-state index contributed by atoms with van der Waals surface area (Å²) in [6, 6.07) is 7.80. The summed E-state index contributed by atoms with van der Waals surface area (Å²) in [5.74, 6) is -0.269. The number of halogens is 1. The standard InChI is InChI=1S/C14H21BrN2O/c1-3-9-14(10-4-2,13(16)18)17-12-7-5-11(15)6-8-12/h5-8,17H,3-4,9-10H2,1-2H3,(H2,16,18). The Hall–Kier alpha value is -1.03. The third-order valence-electron chi connectivity index (χ3n) is 3.05. The van der Waals surface area contributed by atoms with Crippen molar-refractivity contribution < 1.29 is 4.79 Å². The van der Waals surface area contributed by atoms with E-state index in [0.29, 0.717) is 0 Å². The molecule has 18 heavy (non-hydrogen) atoms. The Balaban J connectivity index is 2.95. The van der Waals surface area contributed by atoms with E-state index in [-0.39, 0.29) is 5.91 Å². The Morgan fingerprint density at radius 2 is 1.72 bits per heavy atom. The lowest BCUT2D eigenvalue weighted by atomic mass is 9.87. The molecule has 1 aromatic carbocycles. The van der Waals surface area contributed by atoms with Crippen LogP contribution in [0.15, 0.2) is 28.7 Å². The summed E-state index contributed by atoms with van der Waals surface area (Å²) >= 11 is 3.40. The van der Waals surface area contributed by atoms with Gasteiger partial charge in [-0.2, -0.15) is 0 Å². The van der Waals surface area contributed by atoms with E-state index >= 15 is 0 Å². The van der Waals surface area contributed by atoms with E-state index < -0.39 is 5.54 Å². The van der Waals surface area contributed by atoms with Gasteiger partial charge in [0.05, 0.1) is 0 Å². The molecular weight excluding hydrogens is 292 g/mol. The number of amides is 1. The zero-order valence-corrected chi connectivity index (χ0v) is 12.6. The highest BCUT2D eigenvalue weighted by molar-refractivity contribution is 9.10. The van der Waals surface area contributed by atoms with Gasteiger partial charge in [-0.05, 0) is 37.1 Å². The largest absolute Gasteiger partial charge is 0.371 e. The number of hydrogen-bond donors (Lipinski definition) is 2. The molecule has 1 rings (SSSR count). The Morgan fingerprint density at radius 3 is 2.11 bits per heavy atom. The molecule has 0 aliphatic rings. The highest BCUT2D eigenvalue weighted by atomic mass is 79.9. The van der Waals surface area contributed by atoms with Crippen molar-refractivity contribution in [1.82, 2.24) is 0 Å². The molecule has 0 bridgehead atoms. The average Bonchev–Trinajstić information content (AvgIpc) is 2.32. The number of carbonyl (C=O) groups is 1. The van der Waals surface area contributed by atoms with Gasteiger partial charge in [-0.1, -0.05) is 42.6 Å². The number of carbonyl (C=O) groups excluding carboxylic acids is 1. The van der Waals surface area contributed by atoms with E-state index in [2.05, 4.69) is 35.1 Å². The van der Waals surface area contributed by atoms with Crippen LogP contribution < -0.4 is 11.1 Å². The van der Waals surface area contributed by atoms with E-state index in [1.807, 2.05) is 24.3 Å². The molecule has 0 radical (unpaired) electrons. The Kier molecular flexibility index (Phi) is 5.66. The van der Waals surface area contributed by atoms with Crippen LogP contribution >= 0.6 is 15.9 Å². The highest BCUT2D eigenvalue weighted by Gasteiger charge is 2.34. The topological polar surface area (TPSA) is 55.1 Å². The van der Waals surface area contributed by atoms with Crippen LogP contribution in [-0.4, -0.2) is 11.4 Å².